The number of nitriles is 1. The Bertz CT molecular complexity index is 824. The fraction of sp³-hybridized carbons (Fsp3) is 0.118. The Hall–Kier alpha value is -3.34. The molecule has 128 valence electrons. The lowest BCUT2D eigenvalue weighted by Crippen LogP contribution is -2.21. The maximum Gasteiger partial charge on any atom is 0.416 e. The van der Waals surface area contributed by atoms with Crippen LogP contribution >= 0.6 is 0 Å². The van der Waals surface area contributed by atoms with Crippen LogP contribution < -0.4 is 5.32 Å². The van der Waals surface area contributed by atoms with Crippen molar-refractivity contribution in [2.75, 3.05) is 11.9 Å². The SMILES string of the molecule is N#Cc1cccc(C(=O)OCC(=O)Nc2ccc(C(F)(F)F)cc2)c1. The van der Waals surface area contributed by atoms with Gasteiger partial charge in [-0.3, -0.25) is 4.79 Å². The summed E-state index contributed by atoms with van der Waals surface area (Å²) in [7, 11) is 0. The molecule has 0 heterocycles. The summed E-state index contributed by atoms with van der Waals surface area (Å²) in [6.45, 7) is -0.614. The average molecular weight is 348 g/mol. The van der Waals surface area contributed by atoms with Gasteiger partial charge >= 0.3 is 12.1 Å². The normalized spacial score (nSPS) is 10.6. The van der Waals surface area contributed by atoms with E-state index < -0.39 is 30.2 Å². The molecule has 1 N–H and O–H groups in total. The van der Waals surface area contributed by atoms with Crippen molar-refractivity contribution in [1.29, 1.82) is 5.26 Å². The largest absolute Gasteiger partial charge is 0.452 e. The molecular weight excluding hydrogens is 337 g/mol. The smallest absolute Gasteiger partial charge is 0.416 e. The van der Waals surface area contributed by atoms with Crippen LogP contribution in [0.15, 0.2) is 48.5 Å². The molecule has 25 heavy (non-hydrogen) atoms. The Labute approximate surface area is 140 Å². The van der Waals surface area contributed by atoms with Gasteiger partial charge in [0.2, 0.25) is 0 Å². The predicted molar refractivity (Wildman–Crippen MR) is 81.5 cm³/mol. The fourth-order valence-corrected chi connectivity index (χ4v) is 1.87. The zero-order valence-corrected chi connectivity index (χ0v) is 12.6. The number of nitrogens with one attached hydrogen (secondary N) is 1. The molecule has 0 saturated heterocycles. The van der Waals surface area contributed by atoms with Gasteiger partial charge in [-0.05, 0) is 42.5 Å². The van der Waals surface area contributed by atoms with Crippen LogP contribution in [0.3, 0.4) is 0 Å². The first-order chi connectivity index (χ1) is 11.8. The van der Waals surface area contributed by atoms with Crippen molar-refractivity contribution < 1.29 is 27.5 Å². The van der Waals surface area contributed by atoms with Crippen molar-refractivity contribution in [3.8, 4) is 6.07 Å². The number of rotatable bonds is 4. The van der Waals surface area contributed by atoms with Crippen LogP contribution in [0.1, 0.15) is 21.5 Å². The third kappa shape index (κ3) is 5.07. The molecule has 0 bridgehead atoms. The number of carbonyl (C=O) groups excluding carboxylic acids is 2. The van der Waals surface area contributed by atoms with Gasteiger partial charge in [-0.1, -0.05) is 6.07 Å². The minimum Gasteiger partial charge on any atom is -0.452 e. The maximum absolute atomic E-state index is 12.4. The van der Waals surface area contributed by atoms with Gasteiger partial charge in [-0.2, -0.15) is 18.4 Å². The van der Waals surface area contributed by atoms with Crippen molar-refractivity contribution in [3.63, 3.8) is 0 Å². The molecule has 0 saturated carbocycles. The number of benzene rings is 2. The Morgan fingerprint density at radius 3 is 2.40 bits per heavy atom. The molecule has 0 aromatic heterocycles. The summed E-state index contributed by atoms with van der Waals surface area (Å²) in [5, 5.41) is 11.1. The average Bonchev–Trinajstić information content (AvgIpc) is 2.59. The van der Waals surface area contributed by atoms with Gasteiger partial charge < -0.3 is 10.1 Å². The maximum atomic E-state index is 12.4. The van der Waals surface area contributed by atoms with Crippen LogP contribution in [0.4, 0.5) is 18.9 Å². The highest BCUT2D eigenvalue weighted by atomic mass is 19.4. The van der Waals surface area contributed by atoms with E-state index in [1.54, 1.807) is 0 Å². The van der Waals surface area contributed by atoms with Crippen molar-refractivity contribution in [3.05, 3.63) is 65.2 Å². The Kier molecular flexibility index (Phi) is 5.39. The van der Waals surface area contributed by atoms with E-state index in [4.69, 9.17) is 10.00 Å². The molecule has 0 atom stereocenters. The molecule has 0 fully saturated rings. The fourth-order valence-electron chi connectivity index (χ4n) is 1.87. The van der Waals surface area contributed by atoms with Crippen molar-refractivity contribution >= 4 is 17.6 Å². The van der Waals surface area contributed by atoms with Gasteiger partial charge in [0.05, 0.1) is 22.8 Å². The number of hydrogen-bond donors (Lipinski definition) is 1. The van der Waals surface area contributed by atoms with Gasteiger partial charge in [0, 0.05) is 5.69 Å². The van der Waals surface area contributed by atoms with Crippen LogP contribution in [0.2, 0.25) is 0 Å². The van der Waals surface area contributed by atoms with Crippen LogP contribution in [0, 0.1) is 11.3 Å². The number of carbonyl (C=O) groups is 2. The second-order valence-corrected chi connectivity index (χ2v) is 4.89. The Morgan fingerprint density at radius 1 is 1.12 bits per heavy atom. The first-order valence-electron chi connectivity index (χ1n) is 6.94. The highest BCUT2D eigenvalue weighted by molar-refractivity contribution is 5.95. The molecule has 0 radical (unpaired) electrons. The topological polar surface area (TPSA) is 79.2 Å². The van der Waals surface area contributed by atoms with E-state index in [1.807, 2.05) is 6.07 Å². The highest BCUT2D eigenvalue weighted by Crippen LogP contribution is 2.29. The lowest BCUT2D eigenvalue weighted by molar-refractivity contribution is -0.137. The van der Waals surface area contributed by atoms with Gasteiger partial charge in [0.1, 0.15) is 0 Å². The first-order valence-corrected chi connectivity index (χ1v) is 6.94. The molecular formula is C17H11F3N2O3. The number of halogens is 3. The summed E-state index contributed by atoms with van der Waals surface area (Å²) >= 11 is 0. The summed E-state index contributed by atoms with van der Waals surface area (Å²) in [5.74, 6) is -1.50. The van der Waals surface area contributed by atoms with E-state index in [0.29, 0.717) is 0 Å². The standard InChI is InChI=1S/C17H11F3N2O3/c18-17(19,20)13-4-6-14(7-5-13)22-15(23)10-25-16(24)12-3-1-2-11(8-12)9-21/h1-8H,10H2,(H,22,23). The summed E-state index contributed by atoms with van der Waals surface area (Å²) in [5.41, 5.74) is -0.320. The van der Waals surface area contributed by atoms with Crippen LogP contribution in [0.25, 0.3) is 0 Å². The third-order valence-electron chi connectivity index (χ3n) is 3.06. The quantitative estimate of drug-likeness (QED) is 0.859. The predicted octanol–water partition coefficient (Wildman–Crippen LogP) is 3.37. The zero-order valence-electron chi connectivity index (χ0n) is 12.6. The van der Waals surface area contributed by atoms with E-state index in [2.05, 4.69) is 5.32 Å². The van der Waals surface area contributed by atoms with E-state index in [9.17, 15) is 22.8 Å². The summed E-state index contributed by atoms with van der Waals surface area (Å²) in [4.78, 5) is 23.5. The molecule has 1 amide bonds. The van der Waals surface area contributed by atoms with Gasteiger partial charge in [0.15, 0.2) is 6.61 Å². The molecule has 0 aliphatic rings. The van der Waals surface area contributed by atoms with Crippen molar-refractivity contribution in [1.82, 2.24) is 0 Å². The molecule has 8 heteroatoms. The molecule has 2 aromatic carbocycles. The van der Waals surface area contributed by atoms with Gasteiger partial charge in [0.25, 0.3) is 5.91 Å². The van der Waals surface area contributed by atoms with Crippen LogP contribution in [-0.2, 0) is 15.7 Å². The number of alkyl halides is 3. The number of hydrogen-bond acceptors (Lipinski definition) is 4. The third-order valence-corrected chi connectivity index (χ3v) is 3.06. The summed E-state index contributed by atoms with van der Waals surface area (Å²) in [6, 6.07) is 11.5. The number of nitrogens with zero attached hydrogens (tertiary/aromatic N) is 1. The van der Waals surface area contributed by atoms with Crippen LogP contribution in [0.5, 0.6) is 0 Å². The van der Waals surface area contributed by atoms with E-state index >= 15 is 0 Å². The summed E-state index contributed by atoms with van der Waals surface area (Å²) < 4.78 is 42.1. The van der Waals surface area contributed by atoms with Gasteiger partial charge in [-0.15, -0.1) is 0 Å². The van der Waals surface area contributed by atoms with E-state index in [1.165, 1.54) is 24.3 Å². The molecule has 2 aromatic rings. The lowest BCUT2D eigenvalue weighted by Gasteiger charge is -2.09. The van der Waals surface area contributed by atoms with Crippen molar-refractivity contribution in [2.24, 2.45) is 0 Å². The second-order valence-electron chi connectivity index (χ2n) is 4.89. The molecule has 5 nitrogen and oxygen atoms in total. The minimum atomic E-state index is -4.46. The minimum absolute atomic E-state index is 0.112. The molecule has 0 unspecified atom stereocenters. The summed E-state index contributed by atoms with van der Waals surface area (Å²) in [6.07, 6.45) is -4.46. The van der Waals surface area contributed by atoms with E-state index in [0.717, 1.165) is 24.3 Å². The number of amides is 1. The molecule has 0 aliphatic carbocycles. The van der Waals surface area contributed by atoms with Gasteiger partial charge in [-0.25, -0.2) is 4.79 Å². The zero-order chi connectivity index (χ0) is 18.4. The van der Waals surface area contributed by atoms with Crippen molar-refractivity contribution in [2.45, 2.75) is 6.18 Å². The molecule has 0 aliphatic heterocycles. The molecule has 2 rings (SSSR count). The van der Waals surface area contributed by atoms with E-state index in [-0.39, 0.29) is 16.8 Å². The molecule has 0 spiro atoms. The Morgan fingerprint density at radius 2 is 1.80 bits per heavy atom. The first kappa shape index (κ1) is 18.0. The highest BCUT2D eigenvalue weighted by Gasteiger charge is 2.29. The number of esters is 1. The number of anilines is 1. The second kappa shape index (κ2) is 7.49. The van der Waals surface area contributed by atoms with Crippen LogP contribution in [-0.4, -0.2) is 18.5 Å². The number of ether oxygens (including phenoxy) is 1. The Balaban J connectivity index is 1.90. The lowest BCUT2D eigenvalue weighted by atomic mass is 10.1. The monoisotopic (exact) mass is 348 g/mol.